The molecule has 0 saturated carbocycles. The van der Waals surface area contributed by atoms with Crippen LogP contribution in [0.1, 0.15) is 28.4 Å². The van der Waals surface area contributed by atoms with Crippen molar-refractivity contribution in [3.63, 3.8) is 0 Å². The molecule has 0 aliphatic heterocycles. The van der Waals surface area contributed by atoms with Crippen LogP contribution in [0.2, 0.25) is 0 Å². The third kappa shape index (κ3) is 3.76. The molecule has 1 heterocycles. The van der Waals surface area contributed by atoms with Crippen molar-refractivity contribution < 1.29 is 0 Å². The fourth-order valence-electron chi connectivity index (χ4n) is 1.61. The molecule has 0 saturated heterocycles. The van der Waals surface area contributed by atoms with Crippen LogP contribution in [0.25, 0.3) is 0 Å². The minimum Gasteiger partial charge on any atom is -0.305 e. The fourth-order valence-corrected chi connectivity index (χ4v) is 2.72. The third-order valence-corrected chi connectivity index (χ3v) is 4.25. The Balaban J connectivity index is 1.93. The first-order valence-corrected chi connectivity index (χ1v) is 7.45. The first-order valence-electron chi connectivity index (χ1n) is 5.55. The molecule has 1 aromatic carbocycles. The second kappa shape index (κ2) is 5.93. The van der Waals surface area contributed by atoms with Crippen LogP contribution in [0.15, 0.2) is 30.5 Å². The molecule has 1 N–H and O–H groups in total. The normalized spacial score (nSPS) is 12.6. The molecule has 90 valence electrons. The summed E-state index contributed by atoms with van der Waals surface area (Å²) in [6.45, 7) is 5.12. The highest BCUT2D eigenvalue weighted by Gasteiger charge is 2.05. The smallest absolute Gasteiger partial charge is 0.0897 e. The molecule has 1 aromatic heterocycles. The summed E-state index contributed by atoms with van der Waals surface area (Å²) < 4.78 is 1.27. The Morgan fingerprint density at radius 1 is 1.35 bits per heavy atom. The van der Waals surface area contributed by atoms with Crippen molar-refractivity contribution in [3.8, 4) is 0 Å². The lowest BCUT2D eigenvalue weighted by Gasteiger charge is -2.13. The first kappa shape index (κ1) is 13.0. The lowest BCUT2D eigenvalue weighted by Crippen LogP contribution is -2.17. The third-order valence-electron chi connectivity index (χ3n) is 2.62. The zero-order valence-electron chi connectivity index (χ0n) is 9.90. The van der Waals surface area contributed by atoms with E-state index in [2.05, 4.69) is 64.1 Å². The van der Waals surface area contributed by atoms with Crippen LogP contribution in [0.3, 0.4) is 0 Å². The Hall–Kier alpha value is -0.460. The molecule has 0 radical (unpaired) electrons. The summed E-state index contributed by atoms with van der Waals surface area (Å²) in [4.78, 5) is 5.55. The van der Waals surface area contributed by atoms with Crippen molar-refractivity contribution in [2.75, 3.05) is 0 Å². The van der Waals surface area contributed by atoms with Gasteiger partial charge in [0.25, 0.3) is 0 Å². The summed E-state index contributed by atoms with van der Waals surface area (Å²) in [6.07, 6.45) is 1.95. The van der Waals surface area contributed by atoms with Crippen molar-refractivity contribution in [1.82, 2.24) is 10.3 Å². The van der Waals surface area contributed by atoms with E-state index in [1.165, 1.54) is 14.0 Å². The fraction of sp³-hybridized carbons (Fsp3) is 0.308. The molecular formula is C13H15IN2S. The number of rotatable bonds is 4. The summed E-state index contributed by atoms with van der Waals surface area (Å²) >= 11 is 4.08. The number of benzene rings is 1. The molecule has 0 fully saturated rings. The van der Waals surface area contributed by atoms with Crippen molar-refractivity contribution in [1.29, 1.82) is 0 Å². The summed E-state index contributed by atoms with van der Waals surface area (Å²) in [5.74, 6) is 0. The molecule has 2 aromatic rings. The summed E-state index contributed by atoms with van der Waals surface area (Å²) in [7, 11) is 0. The number of hydrogen-bond acceptors (Lipinski definition) is 3. The average Bonchev–Trinajstić information content (AvgIpc) is 2.73. The Bertz CT molecular complexity index is 478. The van der Waals surface area contributed by atoms with Gasteiger partial charge in [0.05, 0.1) is 5.01 Å². The summed E-state index contributed by atoms with van der Waals surface area (Å²) in [5.41, 5.74) is 1.33. The van der Waals surface area contributed by atoms with E-state index in [1.807, 2.05) is 13.1 Å². The molecule has 0 aliphatic rings. The number of nitrogens with one attached hydrogen (secondary N) is 1. The van der Waals surface area contributed by atoms with Gasteiger partial charge in [-0.05, 0) is 54.1 Å². The van der Waals surface area contributed by atoms with E-state index in [0.29, 0.717) is 6.04 Å². The van der Waals surface area contributed by atoms with Gasteiger partial charge < -0.3 is 5.32 Å². The number of aromatic nitrogens is 1. The van der Waals surface area contributed by atoms with Gasteiger partial charge in [0.2, 0.25) is 0 Å². The van der Waals surface area contributed by atoms with Crippen LogP contribution >= 0.6 is 33.9 Å². The molecule has 17 heavy (non-hydrogen) atoms. The second-order valence-corrected chi connectivity index (χ2v) is 6.56. The van der Waals surface area contributed by atoms with Crippen LogP contribution in [0.4, 0.5) is 0 Å². The number of hydrogen-bond donors (Lipinski definition) is 1. The van der Waals surface area contributed by atoms with E-state index < -0.39 is 0 Å². The zero-order valence-corrected chi connectivity index (χ0v) is 12.9. The maximum atomic E-state index is 4.26. The average molecular weight is 358 g/mol. The summed E-state index contributed by atoms with van der Waals surface area (Å²) in [5, 5.41) is 4.64. The molecule has 0 spiro atoms. The van der Waals surface area contributed by atoms with Crippen LogP contribution < -0.4 is 5.32 Å². The summed E-state index contributed by atoms with van der Waals surface area (Å²) in [6, 6.07) is 9.01. The lowest BCUT2D eigenvalue weighted by atomic mass is 10.1. The van der Waals surface area contributed by atoms with E-state index in [4.69, 9.17) is 0 Å². The van der Waals surface area contributed by atoms with Crippen LogP contribution in [-0.2, 0) is 6.54 Å². The minimum atomic E-state index is 0.370. The molecule has 0 amide bonds. The topological polar surface area (TPSA) is 24.9 Å². The van der Waals surface area contributed by atoms with Gasteiger partial charge in [-0.15, -0.1) is 11.3 Å². The van der Waals surface area contributed by atoms with E-state index in [-0.39, 0.29) is 0 Å². The second-order valence-electron chi connectivity index (χ2n) is 4.00. The maximum Gasteiger partial charge on any atom is 0.0897 e. The minimum absolute atomic E-state index is 0.370. The highest BCUT2D eigenvalue weighted by atomic mass is 127. The number of nitrogens with zero attached hydrogens (tertiary/aromatic N) is 1. The van der Waals surface area contributed by atoms with E-state index in [9.17, 15) is 0 Å². The van der Waals surface area contributed by atoms with Crippen LogP contribution in [0, 0.1) is 10.5 Å². The number of halogens is 1. The van der Waals surface area contributed by atoms with Gasteiger partial charge in [0, 0.05) is 27.2 Å². The van der Waals surface area contributed by atoms with Crippen LogP contribution in [-0.4, -0.2) is 4.98 Å². The van der Waals surface area contributed by atoms with E-state index in [1.54, 1.807) is 11.3 Å². The molecule has 4 heteroatoms. The largest absolute Gasteiger partial charge is 0.305 e. The molecule has 0 aliphatic carbocycles. The Morgan fingerprint density at radius 3 is 2.65 bits per heavy atom. The first-order chi connectivity index (χ1) is 8.15. The Kier molecular flexibility index (Phi) is 4.53. The Morgan fingerprint density at radius 2 is 2.06 bits per heavy atom. The van der Waals surface area contributed by atoms with Crippen LogP contribution in [0.5, 0.6) is 0 Å². The monoisotopic (exact) mass is 358 g/mol. The van der Waals surface area contributed by atoms with Gasteiger partial charge in [0.1, 0.15) is 0 Å². The molecule has 1 atom stereocenters. The molecule has 0 bridgehead atoms. The van der Waals surface area contributed by atoms with E-state index >= 15 is 0 Å². The predicted molar refractivity (Wildman–Crippen MR) is 81.3 cm³/mol. The molecule has 1 unspecified atom stereocenters. The van der Waals surface area contributed by atoms with Gasteiger partial charge in [0.15, 0.2) is 0 Å². The highest BCUT2D eigenvalue weighted by molar-refractivity contribution is 14.1. The quantitative estimate of drug-likeness (QED) is 0.839. The lowest BCUT2D eigenvalue weighted by molar-refractivity contribution is 0.578. The SMILES string of the molecule is Cc1ncc(CNC(C)c2ccc(I)cc2)s1. The highest BCUT2D eigenvalue weighted by Crippen LogP contribution is 2.16. The van der Waals surface area contributed by atoms with Gasteiger partial charge in [-0.2, -0.15) is 0 Å². The van der Waals surface area contributed by atoms with Gasteiger partial charge in [-0.1, -0.05) is 12.1 Å². The van der Waals surface area contributed by atoms with Crippen molar-refractivity contribution in [2.24, 2.45) is 0 Å². The molecule has 2 nitrogen and oxygen atoms in total. The molecule has 2 rings (SSSR count). The standard InChI is InChI=1S/C13H15IN2S/c1-9(11-3-5-12(14)6-4-11)15-7-13-8-16-10(2)17-13/h3-6,8-9,15H,7H2,1-2H3. The zero-order chi connectivity index (χ0) is 12.3. The van der Waals surface area contributed by atoms with E-state index in [0.717, 1.165) is 11.6 Å². The molecular weight excluding hydrogens is 343 g/mol. The Labute approximate surface area is 120 Å². The van der Waals surface area contributed by atoms with Crippen molar-refractivity contribution >= 4 is 33.9 Å². The van der Waals surface area contributed by atoms with Crippen molar-refractivity contribution in [3.05, 3.63) is 49.5 Å². The predicted octanol–water partition coefficient (Wildman–Crippen LogP) is 3.91. The number of aryl methyl sites for hydroxylation is 1. The van der Waals surface area contributed by atoms with Gasteiger partial charge in [-0.3, -0.25) is 0 Å². The van der Waals surface area contributed by atoms with Crippen molar-refractivity contribution in [2.45, 2.75) is 26.4 Å². The van der Waals surface area contributed by atoms with Gasteiger partial charge in [-0.25, -0.2) is 4.98 Å². The number of thiazole rings is 1. The van der Waals surface area contributed by atoms with Gasteiger partial charge >= 0.3 is 0 Å². The maximum absolute atomic E-state index is 4.26.